The van der Waals surface area contributed by atoms with Crippen LogP contribution < -0.4 is 5.32 Å². The van der Waals surface area contributed by atoms with Gasteiger partial charge in [0.1, 0.15) is 0 Å². The van der Waals surface area contributed by atoms with Gasteiger partial charge in [0.05, 0.1) is 5.60 Å². The largest absolute Gasteiger partial charge is 0.388 e. The molecule has 1 saturated heterocycles. The third kappa shape index (κ3) is 3.73. The third-order valence-corrected chi connectivity index (χ3v) is 5.98. The van der Waals surface area contributed by atoms with E-state index in [0.717, 1.165) is 24.5 Å². The monoisotopic (exact) mass is 285 g/mol. The first-order valence-electron chi connectivity index (χ1n) is 6.49. The number of hydrogen-bond acceptors (Lipinski definition) is 4. The Labute approximate surface area is 118 Å². The van der Waals surface area contributed by atoms with Gasteiger partial charge in [-0.2, -0.15) is 11.8 Å². The van der Waals surface area contributed by atoms with Crippen LogP contribution in [0.15, 0.2) is 12.1 Å². The van der Waals surface area contributed by atoms with Crippen molar-refractivity contribution >= 4 is 23.1 Å². The Hall–Kier alpha value is -0.0300. The van der Waals surface area contributed by atoms with Crippen LogP contribution in [0.2, 0.25) is 0 Å². The summed E-state index contributed by atoms with van der Waals surface area (Å²) in [5.74, 6) is 1.96. The van der Waals surface area contributed by atoms with Crippen LogP contribution in [-0.4, -0.2) is 28.8 Å². The van der Waals surface area contributed by atoms with Gasteiger partial charge in [-0.05, 0) is 29.7 Å². The summed E-state index contributed by atoms with van der Waals surface area (Å²) < 4.78 is 0. The van der Waals surface area contributed by atoms with Crippen molar-refractivity contribution in [1.29, 1.82) is 0 Å². The fourth-order valence-corrected chi connectivity index (χ4v) is 4.36. The van der Waals surface area contributed by atoms with Crippen LogP contribution in [0, 0.1) is 0 Å². The fourth-order valence-electron chi connectivity index (χ4n) is 2.03. The summed E-state index contributed by atoms with van der Waals surface area (Å²) in [5, 5.41) is 13.6. The summed E-state index contributed by atoms with van der Waals surface area (Å²) in [6, 6.07) is 4.42. The van der Waals surface area contributed by atoms with E-state index < -0.39 is 5.60 Å². The Morgan fingerprint density at radius 1 is 1.39 bits per heavy atom. The van der Waals surface area contributed by atoms with Crippen molar-refractivity contribution in [3.63, 3.8) is 0 Å². The van der Waals surface area contributed by atoms with Crippen molar-refractivity contribution in [3.05, 3.63) is 21.9 Å². The van der Waals surface area contributed by atoms with E-state index >= 15 is 0 Å². The highest BCUT2D eigenvalue weighted by Gasteiger charge is 2.31. The maximum atomic E-state index is 10.2. The van der Waals surface area contributed by atoms with Crippen LogP contribution in [-0.2, 0) is 12.0 Å². The van der Waals surface area contributed by atoms with Crippen molar-refractivity contribution in [2.75, 3.05) is 18.1 Å². The average Bonchev–Trinajstić information content (AvgIpc) is 2.87. The Morgan fingerprint density at radius 3 is 2.72 bits per heavy atom. The zero-order chi connectivity index (χ0) is 13.2. The summed E-state index contributed by atoms with van der Waals surface area (Å²) in [6.45, 7) is 8.31. The molecule has 1 aromatic heterocycles. The molecule has 0 bridgehead atoms. The molecule has 0 spiro atoms. The SMILES string of the molecule is CC(C)(C)c1ccc(CNCC2(O)CCSC2)s1. The second-order valence-corrected chi connectivity index (χ2v) is 8.42. The zero-order valence-corrected chi connectivity index (χ0v) is 13.1. The Balaban J connectivity index is 1.82. The van der Waals surface area contributed by atoms with Gasteiger partial charge in [0.25, 0.3) is 0 Å². The summed E-state index contributed by atoms with van der Waals surface area (Å²) in [5.41, 5.74) is -0.238. The minimum absolute atomic E-state index is 0.239. The van der Waals surface area contributed by atoms with E-state index in [4.69, 9.17) is 0 Å². The van der Waals surface area contributed by atoms with Crippen molar-refractivity contribution < 1.29 is 5.11 Å². The van der Waals surface area contributed by atoms with Crippen LogP contribution in [0.3, 0.4) is 0 Å². The number of thioether (sulfide) groups is 1. The van der Waals surface area contributed by atoms with E-state index in [0.29, 0.717) is 6.54 Å². The molecular formula is C14H23NOS2. The van der Waals surface area contributed by atoms with Gasteiger partial charge >= 0.3 is 0 Å². The topological polar surface area (TPSA) is 32.3 Å². The second kappa shape index (κ2) is 5.53. The Bertz CT molecular complexity index is 389. The standard InChI is InChI=1S/C14H23NOS2/c1-13(2,3)12-5-4-11(18-12)8-15-9-14(16)6-7-17-10-14/h4-5,15-16H,6-10H2,1-3H3. The highest BCUT2D eigenvalue weighted by molar-refractivity contribution is 7.99. The fraction of sp³-hybridized carbons (Fsp3) is 0.714. The highest BCUT2D eigenvalue weighted by Crippen LogP contribution is 2.30. The molecule has 1 unspecified atom stereocenters. The number of hydrogen-bond donors (Lipinski definition) is 2. The number of rotatable bonds is 4. The lowest BCUT2D eigenvalue weighted by molar-refractivity contribution is 0.0675. The summed E-state index contributed by atoms with van der Waals surface area (Å²) in [6.07, 6.45) is 0.919. The first-order valence-corrected chi connectivity index (χ1v) is 8.46. The van der Waals surface area contributed by atoms with Crippen LogP contribution in [0.1, 0.15) is 36.9 Å². The van der Waals surface area contributed by atoms with E-state index in [2.05, 4.69) is 38.2 Å². The molecule has 0 aromatic carbocycles. The molecule has 1 aliphatic heterocycles. The van der Waals surface area contributed by atoms with Gasteiger partial charge in [0, 0.05) is 28.6 Å². The molecule has 2 heterocycles. The molecule has 2 N–H and O–H groups in total. The first kappa shape index (κ1) is 14.4. The quantitative estimate of drug-likeness (QED) is 0.892. The first-order chi connectivity index (χ1) is 8.39. The number of thiophene rings is 1. The van der Waals surface area contributed by atoms with Gasteiger partial charge in [-0.3, -0.25) is 0 Å². The van der Waals surface area contributed by atoms with Crippen LogP contribution in [0.25, 0.3) is 0 Å². The van der Waals surface area contributed by atoms with Crippen molar-refractivity contribution in [2.24, 2.45) is 0 Å². The molecule has 0 radical (unpaired) electrons. The highest BCUT2D eigenvalue weighted by atomic mass is 32.2. The van der Waals surface area contributed by atoms with E-state index in [1.807, 2.05) is 23.1 Å². The molecule has 18 heavy (non-hydrogen) atoms. The summed E-state index contributed by atoms with van der Waals surface area (Å²) in [7, 11) is 0. The van der Waals surface area contributed by atoms with E-state index in [1.54, 1.807) is 0 Å². The number of nitrogens with one attached hydrogen (secondary N) is 1. The zero-order valence-electron chi connectivity index (χ0n) is 11.5. The molecule has 1 aliphatic rings. The van der Waals surface area contributed by atoms with Crippen LogP contribution in [0.5, 0.6) is 0 Å². The van der Waals surface area contributed by atoms with Gasteiger partial charge in [0.15, 0.2) is 0 Å². The summed E-state index contributed by atoms with van der Waals surface area (Å²) in [4.78, 5) is 2.78. The Kier molecular flexibility index (Phi) is 4.42. The van der Waals surface area contributed by atoms with Crippen LogP contribution in [0.4, 0.5) is 0 Å². The lowest BCUT2D eigenvalue weighted by Crippen LogP contribution is -2.40. The van der Waals surface area contributed by atoms with E-state index in [1.165, 1.54) is 9.75 Å². The third-order valence-electron chi connectivity index (χ3n) is 3.24. The van der Waals surface area contributed by atoms with Crippen molar-refractivity contribution in [2.45, 2.75) is 44.8 Å². The van der Waals surface area contributed by atoms with Gasteiger partial charge in [-0.1, -0.05) is 20.8 Å². The maximum Gasteiger partial charge on any atom is 0.0869 e. The van der Waals surface area contributed by atoms with Gasteiger partial charge < -0.3 is 10.4 Å². The predicted octanol–water partition coefficient (Wildman–Crippen LogP) is 3.00. The minimum Gasteiger partial charge on any atom is -0.388 e. The molecule has 102 valence electrons. The molecule has 2 rings (SSSR count). The molecule has 2 nitrogen and oxygen atoms in total. The molecule has 1 fully saturated rings. The van der Waals surface area contributed by atoms with Gasteiger partial charge in [-0.15, -0.1) is 11.3 Å². The minimum atomic E-state index is -0.477. The molecular weight excluding hydrogens is 262 g/mol. The maximum absolute atomic E-state index is 10.2. The molecule has 4 heteroatoms. The normalized spacial score (nSPS) is 24.7. The summed E-state index contributed by atoms with van der Waals surface area (Å²) >= 11 is 3.72. The van der Waals surface area contributed by atoms with Gasteiger partial charge in [0.2, 0.25) is 0 Å². The molecule has 0 aliphatic carbocycles. The number of aliphatic hydroxyl groups is 1. The molecule has 1 atom stereocenters. The van der Waals surface area contributed by atoms with Crippen LogP contribution >= 0.6 is 23.1 Å². The molecule has 0 amide bonds. The van der Waals surface area contributed by atoms with Crippen molar-refractivity contribution in [3.8, 4) is 0 Å². The molecule has 1 aromatic rings. The van der Waals surface area contributed by atoms with Gasteiger partial charge in [-0.25, -0.2) is 0 Å². The van der Waals surface area contributed by atoms with Crippen molar-refractivity contribution in [1.82, 2.24) is 5.32 Å². The molecule has 0 saturated carbocycles. The van der Waals surface area contributed by atoms with E-state index in [9.17, 15) is 5.11 Å². The van der Waals surface area contributed by atoms with E-state index in [-0.39, 0.29) is 5.41 Å². The predicted molar refractivity (Wildman–Crippen MR) is 81.6 cm³/mol. The lowest BCUT2D eigenvalue weighted by atomic mass is 9.95. The average molecular weight is 285 g/mol. The lowest BCUT2D eigenvalue weighted by Gasteiger charge is -2.21. The smallest absolute Gasteiger partial charge is 0.0869 e. The Morgan fingerprint density at radius 2 is 2.17 bits per heavy atom. The second-order valence-electron chi connectivity index (χ2n) is 6.15.